The molecule has 3 amide bonds. The molecule has 0 aliphatic rings. The van der Waals surface area contributed by atoms with Crippen molar-refractivity contribution in [3.05, 3.63) is 62.3 Å². The first kappa shape index (κ1) is 19.1. The molecule has 2 N–H and O–H groups in total. The van der Waals surface area contributed by atoms with Gasteiger partial charge in [0.05, 0.1) is 10.5 Å². The van der Waals surface area contributed by atoms with Gasteiger partial charge in [-0.2, -0.15) is 0 Å². The highest BCUT2D eigenvalue weighted by atomic mass is 32.1. The predicted molar refractivity (Wildman–Crippen MR) is 92.9 cm³/mol. The summed E-state index contributed by atoms with van der Waals surface area (Å²) in [5.41, 5.74) is -0.332. The zero-order valence-corrected chi connectivity index (χ0v) is 14.3. The number of urea groups is 1. The summed E-state index contributed by atoms with van der Waals surface area (Å²) < 4.78 is 4.74. The summed E-state index contributed by atoms with van der Waals surface area (Å²) >= 11 is 1.56. The van der Waals surface area contributed by atoms with Crippen molar-refractivity contribution in [2.75, 3.05) is 13.2 Å². The Kier molecular flexibility index (Phi) is 6.80. The lowest BCUT2D eigenvalue weighted by molar-refractivity contribution is -0.384. The highest BCUT2D eigenvalue weighted by Gasteiger charge is 2.15. The number of hydrogen-bond acceptors (Lipinski definition) is 7. The molecule has 1 aromatic carbocycles. The molecule has 0 fully saturated rings. The fourth-order valence-electron chi connectivity index (χ4n) is 1.92. The largest absolute Gasteiger partial charge is 0.452 e. The van der Waals surface area contributed by atoms with Crippen LogP contribution < -0.4 is 10.6 Å². The van der Waals surface area contributed by atoms with Gasteiger partial charge in [0, 0.05) is 23.6 Å². The zero-order valence-electron chi connectivity index (χ0n) is 13.5. The Bertz CT molecular complexity index is 806. The van der Waals surface area contributed by atoms with Gasteiger partial charge in [-0.1, -0.05) is 12.1 Å². The van der Waals surface area contributed by atoms with Gasteiger partial charge in [0.25, 0.3) is 11.6 Å². The van der Waals surface area contributed by atoms with Crippen LogP contribution in [0, 0.1) is 10.1 Å². The van der Waals surface area contributed by atoms with E-state index < -0.39 is 29.4 Å². The number of carbonyl (C=O) groups excluding carboxylic acids is 3. The highest BCUT2D eigenvalue weighted by Crippen LogP contribution is 2.13. The molecule has 0 aliphatic heterocycles. The van der Waals surface area contributed by atoms with Gasteiger partial charge in [-0.25, -0.2) is 9.59 Å². The van der Waals surface area contributed by atoms with Crippen LogP contribution in [-0.4, -0.2) is 36.0 Å². The Morgan fingerprint density at radius 2 is 2.00 bits per heavy atom. The molecule has 0 spiro atoms. The number of benzene rings is 1. The van der Waals surface area contributed by atoms with E-state index in [9.17, 15) is 24.5 Å². The third-order valence-electron chi connectivity index (χ3n) is 3.12. The maximum Gasteiger partial charge on any atom is 0.338 e. The van der Waals surface area contributed by atoms with E-state index in [0.29, 0.717) is 13.0 Å². The lowest BCUT2D eigenvalue weighted by Crippen LogP contribution is -2.42. The quantitative estimate of drug-likeness (QED) is 0.431. The molecule has 136 valence electrons. The third-order valence-corrected chi connectivity index (χ3v) is 4.05. The van der Waals surface area contributed by atoms with E-state index >= 15 is 0 Å². The number of carbonyl (C=O) groups is 3. The van der Waals surface area contributed by atoms with Gasteiger partial charge in [-0.3, -0.25) is 20.2 Å². The number of amides is 3. The molecule has 1 heterocycles. The van der Waals surface area contributed by atoms with E-state index in [1.165, 1.54) is 18.2 Å². The summed E-state index contributed by atoms with van der Waals surface area (Å²) in [6.07, 6.45) is 0.640. The molecule has 0 radical (unpaired) electrons. The normalized spacial score (nSPS) is 10.0. The summed E-state index contributed by atoms with van der Waals surface area (Å²) in [4.78, 5) is 46.1. The van der Waals surface area contributed by atoms with Crippen molar-refractivity contribution in [1.29, 1.82) is 0 Å². The predicted octanol–water partition coefficient (Wildman–Crippen LogP) is 1.88. The van der Waals surface area contributed by atoms with Gasteiger partial charge < -0.3 is 10.1 Å². The van der Waals surface area contributed by atoms with Gasteiger partial charge in [0.15, 0.2) is 6.61 Å². The highest BCUT2D eigenvalue weighted by molar-refractivity contribution is 7.09. The molecular weight excluding hydrogens is 362 g/mol. The fourth-order valence-corrected chi connectivity index (χ4v) is 2.63. The van der Waals surface area contributed by atoms with E-state index in [0.717, 1.165) is 10.9 Å². The Balaban J connectivity index is 1.72. The van der Waals surface area contributed by atoms with Crippen molar-refractivity contribution >= 4 is 34.9 Å². The van der Waals surface area contributed by atoms with Crippen molar-refractivity contribution in [1.82, 2.24) is 10.6 Å². The first-order valence-corrected chi connectivity index (χ1v) is 8.35. The van der Waals surface area contributed by atoms with Crippen molar-refractivity contribution in [2.24, 2.45) is 0 Å². The van der Waals surface area contributed by atoms with Crippen LogP contribution in [0.2, 0.25) is 0 Å². The van der Waals surface area contributed by atoms with E-state index in [2.05, 4.69) is 5.32 Å². The molecule has 0 bridgehead atoms. The summed E-state index contributed by atoms with van der Waals surface area (Å²) in [6, 6.07) is 8.06. The number of esters is 1. The molecule has 0 atom stereocenters. The average Bonchev–Trinajstić information content (AvgIpc) is 3.13. The molecule has 2 aromatic rings. The van der Waals surface area contributed by atoms with Crippen LogP contribution in [0.5, 0.6) is 0 Å². The standard InChI is InChI=1S/C16H15N3O6S/c20-14(18-16(22)17-7-6-13-5-2-8-26-13)10-25-15(21)11-3-1-4-12(9-11)19(23)24/h1-5,8-9H,6-7,10H2,(H2,17,18,20,22). The number of nitro groups is 1. The van der Waals surface area contributed by atoms with Crippen molar-refractivity contribution in [3.63, 3.8) is 0 Å². The van der Waals surface area contributed by atoms with Crippen LogP contribution in [0.4, 0.5) is 10.5 Å². The summed E-state index contributed by atoms with van der Waals surface area (Å²) in [5.74, 6) is -1.71. The lowest BCUT2D eigenvalue weighted by Gasteiger charge is -2.07. The number of thiophene rings is 1. The zero-order chi connectivity index (χ0) is 18.9. The number of hydrogen-bond donors (Lipinski definition) is 2. The number of ether oxygens (including phenoxy) is 1. The first-order valence-electron chi connectivity index (χ1n) is 7.47. The van der Waals surface area contributed by atoms with Crippen molar-refractivity contribution in [3.8, 4) is 0 Å². The third kappa shape index (κ3) is 5.98. The molecule has 1 aromatic heterocycles. The van der Waals surface area contributed by atoms with Crippen molar-refractivity contribution < 1.29 is 24.0 Å². The molecule has 10 heteroatoms. The Morgan fingerprint density at radius 1 is 1.19 bits per heavy atom. The number of imide groups is 1. The van der Waals surface area contributed by atoms with Crippen LogP contribution in [0.3, 0.4) is 0 Å². The summed E-state index contributed by atoms with van der Waals surface area (Å²) in [6.45, 7) is -0.326. The second-order valence-corrected chi connectivity index (χ2v) is 6.05. The number of nitrogens with one attached hydrogen (secondary N) is 2. The van der Waals surface area contributed by atoms with Crippen LogP contribution in [0.1, 0.15) is 15.2 Å². The molecule has 2 rings (SSSR count). The minimum Gasteiger partial charge on any atom is -0.452 e. The summed E-state index contributed by atoms with van der Waals surface area (Å²) in [7, 11) is 0. The van der Waals surface area contributed by atoms with Crippen LogP contribution >= 0.6 is 11.3 Å². The van der Waals surface area contributed by atoms with Gasteiger partial charge in [0.2, 0.25) is 0 Å². The Hall–Kier alpha value is -3.27. The maximum absolute atomic E-state index is 11.8. The molecular formula is C16H15N3O6S. The van der Waals surface area contributed by atoms with Gasteiger partial charge >= 0.3 is 12.0 Å². The van der Waals surface area contributed by atoms with Crippen LogP contribution in [-0.2, 0) is 16.0 Å². The second kappa shape index (κ2) is 9.28. The lowest BCUT2D eigenvalue weighted by atomic mass is 10.2. The Labute approximate surface area is 152 Å². The van der Waals surface area contributed by atoms with Gasteiger partial charge in [-0.05, 0) is 23.9 Å². The topological polar surface area (TPSA) is 128 Å². The molecule has 0 saturated heterocycles. The van der Waals surface area contributed by atoms with Crippen molar-refractivity contribution in [2.45, 2.75) is 6.42 Å². The Morgan fingerprint density at radius 3 is 2.69 bits per heavy atom. The van der Waals surface area contributed by atoms with Crippen LogP contribution in [0.25, 0.3) is 0 Å². The summed E-state index contributed by atoms with van der Waals surface area (Å²) in [5, 5.41) is 17.1. The number of rotatable bonds is 7. The first-order chi connectivity index (χ1) is 12.5. The number of non-ortho nitro benzene ring substituents is 1. The van der Waals surface area contributed by atoms with Crippen LogP contribution in [0.15, 0.2) is 41.8 Å². The van der Waals surface area contributed by atoms with Gasteiger partial charge in [0.1, 0.15) is 0 Å². The number of nitro benzene ring substituents is 1. The van der Waals surface area contributed by atoms with E-state index in [4.69, 9.17) is 4.74 Å². The fraction of sp³-hybridized carbons (Fsp3) is 0.188. The number of nitrogens with zero attached hydrogens (tertiary/aromatic N) is 1. The minimum atomic E-state index is -0.901. The van der Waals surface area contributed by atoms with Gasteiger partial charge in [-0.15, -0.1) is 11.3 Å². The molecule has 9 nitrogen and oxygen atoms in total. The van der Waals surface area contributed by atoms with E-state index in [1.807, 2.05) is 22.8 Å². The molecule has 0 unspecified atom stereocenters. The SMILES string of the molecule is O=C(COC(=O)c1cccc([N+](=O)[O-])c1)NC(=O)NCCc1cccs1. The molecule has 26 heavy (non-hydrogen) atoms. The van der Waals surface area contributed by atoms with E-state index in [1.54, 1.807) is 11.3 Å². The second-order valence-electron chi connectivity index (χ2n) is 5.02. The maximum atomic E-state index is 11.8. The molecule has 0 aliphatic carbocycles. The monoisotopic (exact) mass is 377 g/mol. The molecule has 0 saturated carbocycles. The average molecular weight is 377 g/mol. The van der Waals surface area contributed by atoms with E-state index in [-0.39, 0.29) is 11.3 Å². The minimum absolute atomic E-state index is 0.0626. The smallest absolute Gasteiger partial charge is 0.338 e.